The van der Waals surface area contributed by atoms with Crippen LogP contribution in [0.15, 0.2) is 18.2 Å². The Labute approximate surface area is 117 Å². The molecular formula is C15H19FO2S. The Morgan fingerprint density at radius 3 is 2.89 bits per heavy atom. The van der Waals surface area contributed by atoms with Gasteiger partial charge in [0.05, 0.1) is 5.56 Å². The van der Waals surface area contributed by atoms with Crippen molar-refractivity contribution in [3.8, 4) is 0 Å². The van der Waals surface area contributed by atoms with Crippen LogP contribution in [0.2, 0.25) is 0 Å². The molecule has 104 valence electrons. The van der Waals surface area contributed by atoms with Crippen LogP contribution in [0.3, 0.4) is 0 Å². The summed E-state index contributed by atoms with van der Waals surface area (Å²) in [5, 5.41) is 9.43. The molecular weight excluding hydrogens is 263 g/mol. The third-order valence-electron chi connectivity index (χ3n) is 3.64. The highest BCUT2D eigenvalue weighted by atomic mass is 32.2. The number of carboxylic acid groups (broad SMARTS) is 1. The third kappa shape index (κ3) is 3.96. The first-order valence-electron chi connectivity index (χ1n) is 6.69. The second kappa shape index (κ2) is 6.42. The molecule has 1 aromatic rings. The van der Waals surface area contributed by atoms with Crippen LogP contribution in [0.25, 0.3) is 0 Å². The Kier molecular flexibility index (Phi) is 4.86. The first-order chi connectivity index (χ1) is 9.06. The summed E-state index contributed by atoms with van der Waals surface area (Å²) in [5.41, 5.74) is 0.616. The normalized spacial score (nSPS) is 23.3. The van der Waals surface area contributed by atoms with Gasteiger partial charge in [-0.1, -0.05) is 25.8 Å². The number of thioether (sulfide) groups is 1. The molecule has 1 N–H and O–H groups in total. The minimum Gasteiger partial charge on any atom is -0.478 e. The molecule has 2 unspecified atom stereocenters. The van der Waals surface area contributed by atoms with E-state index < -0.39 is 11.8 Å². The maximum atomic E-state index is 13.5. The molecule has 0 spiro atoms. The molecule has 1 aliphatic carbocycles. The van der Waals surface area contributed by atoms with E-state index in [-0.39, 0.29) is 5.56 Å². The SMILES string of the molecule is CC1CCCC(SCc2ccc(C(=O)O)c(F)c2)C1. The summed E-state index contributed by atoms with van der Waals surface area (Å²) in [4.78, 5) is 10.7. The highest BCUT2D eigenvalue weighted by Gasteiger charge is 2.19. The van der Waals surface area contributed by atoms with Crippen LogP contribution in [0.1, 0.15) is 48.5 Å². The molecule has 1 aliphatic rings. The number of rotatable bonds is 4. The first kappa shape index (κ1) is 14.4. The van der Waals surface area contributed by atoms with Gasteiger partial charge in [0, 0.05) is 11.0 Å². The lowest BCUT2D eigenvalue weighted by atomic mass is 9.91. The van der Waals surface area contributed by atoms with Gasteiger partial charge in [-0.3, -0.25) is 0 Å². The number of benzene rings is 1. The van der Waals surface area contributed by atoms with Crippen LogP contribution in [0.4, 0.5) is 4.39 Å². The summed E-state index contributed by atoms with van der Waals surface area (Å²) in [5.74, 6) is -0.299. The van der Waals surface area contributed by atoms with Crippen LogP contribution >= 0.6 is 11.8 Å². The molecule has 4 heteroatoms. The fourth-order valence-corrected chi connectivity index (χ4v) is 3.97. The van der Waals surface area contributed by atoms with Gasteiger partial charge in [0.1, 0.15) is 5.82 Å². The lowest BCUT2D eigenvalue weighted by molar-refractivity contribution is 0.0692. The first-order valence-corrected chi connectivity index (χ1v) is 7.74. The molecule has 2 rings (SSSR count). The summed E-state index contributed by atoms with van der Waals surface area (Å²) in [6.45, 7) is 2.29. The van der Waals surface area contributed by atoms with E-state index >= 15 is 0 Å². The fraction of sp³-hybridized carbons (Fsp3) is 0.533. The van der Waals surface area contributed by atoms with Gasteiger partial charge in [0.2, 0.25) is 0 Å². The Bertz CT molecular complexity index is 461. The predicted molar refractivity (Wildman–Crippen MR) is 76.1 cm³/mol. The molecule has 0 radical (unpaired) electrons. The fourth-order valence-electron chi connectivity index (χ4n) is 2.57. The summed E-state index contributed by atoms with van der Waals surface area (Å²) in [7, 11) is 0. The van der Waals surface area contributed by atoms with E-state index in [1.54, 1.807) is 6.07 Å². The van der Waals surface area contributed by atoms with Crippen LogP contribution in [-0.4, -0.2) is 16.3 Å². The Hall–Kier alpha value is -1.03. The average Bonchev–Trinajstić information content (AvgIpc) is 2.36. The van der Waals surface area contributed by atoms with E-state index in [1.807, 2.05) is 11.8 Å². The van der Waals surface area contributed by atoms with Crippen molar-refractivity contribution in [2.45, 2.75) is 43.6 Å². The number of halogens is 1. The van der Waals surface area contributed by atoms with Crippen LogP contribution in [-0.2, 0) is 5.75 Å². The van der Waals surface area contributed by atoms with Gasteiger partial charge in [0.15, 0.2) is 0 Å². The van der Waals surface area contributed by atoms with Crippen molar-refractivity contribution in [1.29, 1.82) is 0 Å². The third-order valence-corrected chi connectivity index (χ3v) is 5.04. The molecule has 0 saturated heterocycles. The zero-order chi connectivity index (χ0) is 13.8. The lowest BCUT2D eigenvalue weighted by Gasteiger charge is -2.26. The largest absolute Gasteiger partial charge is 0.478 e. The molecule has 19 heavy (non-hydrogen) atoms. The average molecular weight is 282 g/mol. The summed E-state index contributed by atoms with van der Waals surface area (Å²) < 4.78 is 13.5. The highest BCUT2D eigenvalue weighted by Crippen LogP contribution is 2.33. The molecule has 0 aliphatic heterocycles. The summed E-state index contributed by atoms with van der Waals surface area (Å²) in [6, 6.07) is 4.42. The van der Waals surface area contributed by atoms with Crippen molar-refractivity contribution in [2.75, 3.05) is 0 Å². The van der Waals surface area contributed by atoms with Crippen molar-refractivity contribution < 1.29 is 14.3 Å². The van der Waals surface area contributed by atoms with E-state index in [0.29, 0.717) is 5.25 Å². The van der Waals surface area contributed by atoms with Crippen LogP contribution < -0.4 is 0 Å². The summed E-state index contributed by atoms with van der Waals surface area (Å²) in [6.07, 6.45) is 5.08. The zero-order valence-electron chi connectivity index (χ0n) is 11.1. The Morgan fingerprint density at radius 1 is 1.47 bits per heavy atom. The standard InChI is InChI=1S/C15H19FO2S/c1-10-3-2-4-12(7-10)19-9-11-5-6-13(15(17)18)14(16)8-11/h5-6,8,10,12H,2-4,7,9H2,1H3,(H,17,18). The maximum absolute atomic E-state index is 13.5. The quantitative estimate of drug-likeness (QED) is 0.892. The van der Waals surface area contributed by atoms with Crippen LogP contribution in [0.5, 0.6) is 0 Å². The van der Waals surface area contributed by atoms with Crippen LogP contribution in [0, 0.1) is 11.7 Å². The van der Waals surface area contributed by atoms with Crippen molar-refractivity contribution in [3.63, 3.8) is 0 Å². The monoisotopic (exact) mass is 282 g/mol. The topological polar surface area (TPSA) is 37.3 Å². The van der Waals surface area contributed by atoms with E-state index in [1.165, 1.54) is 37.8 Å². The number of carbonyl (C=O) groups is 1. The van der Waals surface area contributed by atoms with E-state index in [2.05, 4.69) is 6.92 Å². The van der Waals surface area contributed by atoms with E-state index in [0.717, 1.165) is 17.2 Å². The molecule has 0 aromatic heterocycles. The van der Waals surface area contributed by atoms with Gasteiger partial charge in [-0.15, -0.1) is 0 Å². The van der Waals surface area contributed by atoms with Crippen molar-refractivity contribution in [1.82, 2.24) is 0 Å². The molecule has 1 saturated carbocycles. The molecule has 0 amide bonds. The van der Waals surface area contributed by atoms with Crippen molar-refractivity contribution in [3.05, 3.63) is 35.1 Å². The number of carboxylic acids is 1. The molecule has 0 heterocycles. The predicted octanol–water partition coefficient (Wildman–Crippen LogP) is 4.34. The van der Waals surface area contributed by atoms with Crippen molar-refractivity contribution in [2.24, 2.45) is 5.92 Å². The van der Waals surface area contributed by atoms with Gasteiger partial charge >= 0.3 is 5.97 Å². The maximum Gasteiger partial charge on any atom is 0.338 e. The van der Waals surface area contributed by atoms with Gasteiger partial charge in [-0.05, 0) is 36.5 Å². The molecule has 0 bridgehead atoms. The Balaban J connectivity index is 1.92. The summed E-state index contributed by atoms with van der Waals surface area (Å²) >= 11 is 1.86. The minimum absolute atomic E-state index is 0.250. The molecule has 1 aromatic carbocycles. The number of hydrogen-bond acceptors (Lipinski definition) is 2. The lowest BCUT2D eigenvalue weighted by Crippen LogP contribution is -2.15. The minimum atomic E-state index is -1.21. The molecule has 1 fully saturated rings. The Morgan fingerprint density at radius 2 is 2.26 bits per heavy atom. The molecule has 2 atom stereocenters. The highest BCUT2D eigenvalue weighted by molar-refractivity contribution is 7.99. The second-order valence-corrected chi connectivity index (χ2v) is 6.61. The van der Waals surface area contributed by atoms with Gasteiger partial charge in [-0.25, -0.2) is 9.18 Å². The zero-order valence-corrected chi connectivity index (χ0v) is 11.9. The van der Waals surface area contributed by atoms with E-state index in [4.69, 9.17) is 5.11 Å². The van der Waals surface area contributed by atoms with Gasteiger partial charge < -0.3 is 5.11 Å². The number of aromatic carboxylic acids is 1. The number of hydrogen-bond donors (Lipinski definition) is 1. The van der Waals surface area contributed by atoms with Gasteiger partial charge in [0.25, 0.3) is 0 Å². The smallest absolute Gasteiger partial charge is 0.338 e. The molecule has 2 nitrogen and oxygen atoms in total. The van der Waals surface area contributed by atoms with Crippen molar-refractivity contribution >= 4 is 17.7 Å². The van der Waals surface area contributed by atoms with Gasteiger partial charge in [-0.2, -0.15) is 11.8 Å². The van der Waals surface area contributed by atoms with E-state index in [9.17, 15) is 9.18 Å². The second-order valence-electron chi connectivity index (χ2n) is 5.32.